The molecule has 1 aliphatic heterocycles. The molecule has 0 amide bonds. The molecule has 0 unspecified atom stereocenters. The zero-order chi connectivity index (χ0) is 9.10. The van der Waals surface area contributed by atoms with Crippen LogP contribution in [-0.4, -0.2) is 19.6 Å². The van der Waals surface area contributed by atoms with Crippen molar-refractivity contribution in [2.75, 3.05) is 24.5 Å². The maximum absolute atomic E-state index is 5.50. The molecule has 0 fully saturated rings. The van der Waals surface area contributed by atoms with Crippen molar-refractivity contribution in [2.24, 2.45) is 5.73 Å². The lowest BCUT2D eigenvalue weighted by Crippen LogP contribution is -2.23. The third kappa shape index (κ3) is 2.20. The van der Waals surface area contributed by atoms with Crippen LogP contribution in [0.3, 0.4) is 0 Å². The maximum atomic E-state index is 5.50. The number of halogens is 1. The first-order valence-corrected chi connectivity index (χ1v) is 4.95. The van der Waals surface area contributed by atoms with Crippen molar-refractivity contribution in [2.45, 2.75) is 12.8 Å². The zero-order valence-corrected chi connectivity index (χ0v) is 9.09. The van der Waals surface area contributed by atoms with Crippen LogP contribution in [0.2, 0.25) is 0 Å². The highest BCUT2D eigenvalue weighted by Crippen LogP contribution is 2.26. The maximum Gasteiger partial charge on any atom is 0.0399 e. The van der Waals surface area contributed by atoms with Crippen molar-refractivity contribution in [1.82, 2.24) is 0 Å². The lowest BCUT2D eigenvalue weighted by molar-refractivity contribution is 0.759. The van der Waals surface area contributed by atoms with Gasteiger partial charge < -0.3 is 10.6 Å². The van der Waals surface area contributed by atoms with E-state index < -0.39 is 0 Å². The van der Waals surface area contributed by atoms with Crippen molar-refractivity contribution < 1.29 is 0 Å². The summed E-state index contributed by atoms with van der Waals surface area (Å²) in [6, 6.07) is 8.65. The van der Waals surface area contributed by atoms with E-state index >= 15 is 0 Å². The van der Waals surface area contributed by atoms with E-state index in [4.69, 9.17) is 5.73 Å². The van der Waals surface area contributed by atoms with E-state index in [0.717, 1.165) is 19.5 Å². The topological polar surface area (TPSA) is 29.3 Å². The molecular formula is C11H17ClN2. The summed E-state index contributed by atoms with van der Waals surface area (Å²) in [5.41, 5.74) is 8.40. The number of anilines is 1. The van der Waals surface area contributed by atoms with E-state index in [1.54, 1.807) is 0 Å². The van der Waals surface area contributed by atoms with Gasteiger partial charge in [-0.2, -0.15) is 0 Å². The lowest BCUT2D eigenvalue weighted by Gasteiger charge is -2.18. The van der Waals surface area contributed by atoms with Crippen molar-refractivity contribution >= 4 is 18.1 Å². The Hall–Kier alpha value is -0.730. The minimum atomic E-state index is 0. The molecule has 0 radical (unpaired) electrons. The summed E-state index contributed by atoms with van der Waals surface area (Å²) in [6.07, 6.45) is 2.29. The fourth-order valence-corrected chi connectivity index (χ4v) is 1.92. The molecule has 78 valence electrons. The van der Waals surface area contributed by atoms with Gasteiger partial charge in [0.25, 0.3) is 0 Å². The Morgan fingerprint density at radius 3 is 2.86 bits per heavy atom. The molecule has 0 bridgehead atoms. The average Bonchev–Trinajstić information content (AvgIpc) is 2.58. The van der Waals surface area contributed by atoms with Gasteiger partial charge in [-0.05, 0) is 31.0 Å². The number of hydrogen-bond donors (Lipinski definition) is 1. The molecule has 3 heteroatoms. The summed E-state index contributed by atoms with van der Waals surface area (Å²) in [5.74, 6) is 0. The number of rotatable bonds is 3. The van der Waals surface area contributed by atoms with Crippen LogP contribution in [0, 0.1) is 0 Å². The van der Waals surface area contributed by atoms with Crippen LogP contribution in [-0.2, 0) is 6.42 Å². The monoisotopic (exact) mass is 212 g/mol. The summed E-state index contributed by atoms with van der Waals surface area (Å²) < 4.78 is 0. The standard InChI is InChI=1S/C11H16N2.ClH/c12-7-3-8-13-9-6-10-4-1-2-5-11(10)13;/h1-2,4-5H,3,6-9,12H2;1H. The minimum absolute atomic E-state index is 0. The third-order valence-corrected chi connectivity index (χ3v) is 2.62. The molecule has 14 heavy (non-hydrogen) atoms. The predicted octanol–water partition coefficient (Wildman–Crippen LogP) is 1.82. The van der Waals surface area contributed by atoms with Crippen molar-refractivity contribution in [3.63, 3.8) is 0 Å². The van der Waals surface area contributed by atoms with Crippen LogP contribution in [0.5, 0.6) is 0 Å². The van der Waals surface area contributed by atoms with E-state index in [1.807, 2.05) is 0 Å². The summed E-state index contributed by atoms with van der Waals surface area (Å²) in [5, 5.41) is 0. The zero-order valence-electron chi connectivity index (χ0n) is 8.28. The quantitative estimate of drug-likeness (QED) is 0.829. The van der Waals surface area contributed by atoms with Gasteiger partial charge in [0.1, 0.15) is 0 Å². The van der Waals surface area contributed by atoms with Crippen LogP contribution in [0.1, 0.15) is 12.0 Å². The number of nitrogens with zero attached hydrogens (tertiary/aromatic N) is 1. The number of para-hydroxylation sites is 1. The van der Waals surface area contributed by atoms with Gasteiger partial charge in [0.2, 0.25) is 0 Å². The van der Waals surface area contributed by atoms with Gasteiger partial charge in [-0.25, -0.2) is 0 Å². The van der Waals surface area contributed by atoms with E-state index in [0.29, 0.717) is 0 Å². The number of hydrogen-bond acceptors (Lipinski definition) is 2. The molecule has 2 rings (SSSR count). The molecule has 1 aromatic carbocycles. The minimum Gasteiger partial charge on any atom is -0.371 e. The molecule has 0 aromatic heterocycles. The summed E-state index contributed by atoms with van der Waals surface area (Å²) in [7, 11) is 0. The molecule has 0 atom stereocenters. The summed E-state index contributed by atoms with van der Waals surface area (Å²) in [6.45, 7) is 3.06. The van der Waals surface area contributed by atoms with Gasteiger partial charge >= 0.3 is 0 Å². The summed E-state index contributed by atoms with van der Waals surface area (Å²) in [4.78, 5) is 2.43. The van der Waals surface area contributed by atoms with Crippen molar-refractivity contribution in [1.29, 1.82) is 0 Å². The van der Waals surface area contributed by atoms with Crippen LogP contribution >= 0.6 is 12.4 Å². The molecule has 0 spiro atoms. The van der Waals surface area contributed by atoms with Crippen LogP contribution < -0.4 is 10.6 Å². The second-order valence-corrected chi connectivity index (χ2v) is 3.51. The molecule has 1 aromatic rings. The largest absolute Gasteiger partial charge is 0.371 e. The smallest absolute Gasteiger partial charge is 0.0399 e. The SMILES string of the molecule is Cl.NCCCN1CCc2ccccc21. The first-order chi connectivity index (χ1) is 6.42. The first kappa shape index (κ1) is 11.3. The Labute approximate surface area is 91.5 Å². The van der Waals surface area contributed by atoms with E-state index in [1.165, 1.54) is 24.2 Å². The number of benzene rings is 1. The second-order valence-electron chi connectivity index (χ2n) is 3.51. The summed E-state index contributed by atoms with van der Waals surface area (Å²) >= 11 is 0. The molecule has 0 saturated heterocycles. The number of fused-ring (bicyclic) bond motifs is 1. The molecule has 1 aliphatic rings. The predicted molar refractivity (Wildman–Crippen MR) is 63.3 cm³/mol. The highest BCUT2D eigenvalue weighted by atomic mass is 35.5. The molecule has 1 heterocycles. The Kier molecular flexibility index (Phi) is 4.23. The second kappa shape index (κ2) is 5.23. The Morgan fingerprint density at radius 1 is 1.29 bits per heavy atom. The lowest BCUT2D eigenvalue weighted by atomic mass is 10.2. The highest BCUT2D eigenvalue weighted by Gasteiger charge is 2.16. The molecule has 2 N–H and O–H groups in total. The van der Waals surface area contributed by atoms with Crippen LogP contribution in [0.15, 0.2) is 24.3 Å². The normalized spacial score (nSPS) is 13.6. The van der Waals surface area contributed by atoms with Gasteiger partial charge in [-0.3, -0.25) is 0 Å². The Bertz CT molecular complexity index is 288. The Morgan fingerprint density at radius 2 is 2.07 bits per heavy atom. The number of nitrogens with two attached hydrogens (primary N) is 1. The molecular weight excluding hydrogens is 196 g/mol. The van der Waals surface area contributed by atoms with Crippen LogP contribution in [0.25, 0.3) is 0 Å². The van der Waals surface area contributed by atoms with Gasteiger partial charge in [0.15, 0.2) is 0 Å². The fourth-order valence-electron chi connectivity index (χ4n) is 1.92. The van der Waals surface area contributed by atoms with E-state index in [-0.39, 0.29) is 12.4 Å². The molecule has 0 saturated carbocycles. The van der Waals surface area contributed by atoms with Crippen LogP contribution in [0.4, 0.5) is 5.69 Å². The third-order valence-electron chi connectivity index (χ3n) is 2.62. The van der Waals surface area contributed by atoms with Gasteiger partial charge in [0.05, 0.1) is 0 Å². The van der Waals surface area contributed by atoms with Gasteiger partial charge in [0, 0.05) is 18.8 Å². The van der Waals surface area contributed by atoms with Crippen molar-refractivity contribution in [3.05, 3.63) is 29.8 Å². The van der Waals surface area contributed by atoms with Crippen molar-refractivity contribution in [3.8, 4) is 0 Å². The van der Waals surface area contributed by atoms with Gasteiger partial charge in [-0.1, -0.05) is 18.2 Å². The van der Waals surface area contributed by atoms with E-state index in [2.05, 4.69) is 29.2 Å². The fraction of sp³-hybridized carbons (Fsp3) is 0.455. The first-order valence-electron chi connectivity index (χ1n) is 4.95. The molecule has 0 aliphatic carbocycles. The van der Waals surface area contributed by atoms with E-state index in [9.17, 15) is 0 Å². The Balaban J connectivity index is 0.000000980. The average molecular weight is 213 g/mol. The molecule has 2 nitrogen and oxygen atoms in total. The highest BCUT2D eigenvalue weighted by molar-refractivity contribution is 5.85. The van der Waals surface area contributed by atoms with Gasteiger partial charge in [-0.15, -0.1) is 12.4 Å².